The van der Waals surface area contributed by atoms with E-state index in [0.717, 1.165) is 0 Å². The fourth-order valence-electron chi connectivity index (χ4n) is 0.585. The second kappa shape index (κ2) is 4.96. The topological polar surface area (TPSA) is 37.6 Å². The Morgan fingerprint density at radius 1 is 0.917 bits per heavy atom. The van der Waals surface area contributed by atoms with Crippen molar-refractivity contribution in [3.8, 4) is 0 Å². The third-order valence-electron chi connectivity index (χ3n) is 1.08. The standard InChI is InChI=1S/C5H5N.C4H4N2/c1-2-4-6-5-3-1;1-4-5-2-3-6-4/h1-5H;2-3H,1H2. The maximum absolute atomic E-state index is 3.78. The summed E-state index contributed by atoms with van der Waals surface area (Å²) in [7, 11) is 0. The Hall–Kier alpha value is -1.77. The van der Waals surface area contributed by atoms with Crippen molar-refractivity contribution in [1.82, 2.24) is 4.98 Å². The lowest BCUT2D eigenvalue weighted by molar-refractivity contribution is 1.31. The summed E-state index contributed by atoms with van der Waals surface area (Å²) in [6.07, 6.45) is 6.73. The zero-order valence-electron chi connectivity index (χ0n) is 6.59. The van der Waals surface area contributed by atoms with Crippen molar-refractivity contribution in [1.29, 1.82) is 0 Å². The Morgan fingerprint density at radius 2 is 1.50 bits per heavy atom. The summed E-state index contributed by atoms with van der Waals surface area (Å²) in [5, 5.41) is 0. The van der Waals surface area contributed by atoms with Gasteiger partial charge in [-0.3, -0.25) is 4.98 Å². The van der Waals surface area contributed by atoms with Gasteiger partial charge in [0.15, 0.2) is 0 Å². The van der Waals surface area contributed by atoms with E-state index in [2.05, 4.69) is 21.5 Å². The normalized spacial score (nSPS) is 12.5. The fourth-order valence-corrected chi connectivity index (χ4v) is 0.585. The van der Waals surface area contributed by atoms with Gasteiger partial charge in [-0.15, -0.1) is 0 Å². The average Bonchev–Trinajstić information content (AvgIpc) is 2.60. The summed E-state index contributed by atoms with van der Waals surface area (Å²) in [5.74, 6) is 0.593. The molecule has 1 aliphatic heterocycles. The Bertz CT molecular complexity index is 247. The first-order valence-corrected chi connectivity index (χ1v) is 3.50. The van der Waals surface area contributed by atoms with Crippen LogP contribution in [0.1, 0.15) is 0 Å². The van der Waals surface area contributed by atoms with Crippen LogP contribution in [-0.4, -0.2) is 17.4 Å². The van der Waals surface area contributed by atoms with Gasteiger partial charge in [-0.05, 0) is 12.1 Å². The Morgan fingerprint density at radius 3 is 1.67 bits per heavy atom. The molecule has 0 fully saturated rings. The molecule has 0 saturated heterocycles. The van der Waals surface area contributed by atoms with Crippen LogP contribution >= 0.6 is 0 Å². The highest BCUT2D eigenvalue weighted by Crippen LogP contribution is 1.94. The minimum absolute atomic E-state index is 0.593. The Balaban J connectivity index is 0.000000120. The molecule has 0 spiro atoms. The van der Waals surface area contributed by atoms with Crippen LogP contribution in [0.5, 0.6) is 0 Å². The van der Waals surface area contributed by atoms with E-state index in [1.54, 1.807) is 24.8 Å². The quantitative estimate of drug-likeness (QED) is 0.567. The summed E-state index contributed by atoms with van der Waals surface area (Å²) in [4.78, 5) is 11.2. The van der Waals surface area contributed by atoms with E-state index in [9.17, 15) is 0 Å². The summed E-state index contributed by atoms with van der Waals surface area (Å²) >= 11 is 0. The molecule has 0 amide bonds. The van der Waals surface area contributed by atoms with Crippen LogP contribution in [-0.2, 0) is 0 Å². The fraction of sp³-hybridized carbons (Fsp3) is 0. The highest BCUT2D eigenvalue weighted by atomic mass is 15.0. The van der Waals surface area contributed by atoms with Gasteiger partial charge in [0.1, 0.15) is 5.82 Å². The monoisotopic (exact) mass is 159 g/mol. The molecule has 0 unspecified atom stereocenters. The SMILES string of the molecule is C=C1N=CC=N1.c1ccncc1. The van der Waals surface area contributed by atoms with Crippen molar-refractivity contribution in [2.75, 3.05) is 0 Å². The second-order valence-corrected chi connectivity index (χ2v) is 2.00. The van der Waals surface area contributed by atoms with Crippen LogP contribution in [0.25, 0.3) is 0 Å². The molecule has 0 aromatic carbocycles. The van der Waals surface area contributed by atoms with Gasteiger partial charge in [-0.25, -0.2) is 9.98 Å². The van der Waals surface area contributed by atoms with Crippen LogP contribution in [0.15, 0.2) is 53.0 Å². The van der Waals surface area contributed by atoms with Gasteiger partial charge in [0.25, 0.3) is 0 Å². The Labute approximate surface area is 71.2 Å². The number of rotatable bonds is 0. The third-order valence-corrected chi connectivity index (χ3v) is 1.08. The van der Waals surface area contributed by atoms with Gasteiger partial charge in [0.05, 0.1) is 0 Å². The molecule has 3 nitrogen and oxygen atoms in total. The van der Waals surface area contributed by atoms with E-state index in [1.165, 1.54) is 0 Å². The van der Waals surface area contributed by atoms with E-state index in [4.69, 9.17) is 0 Å². The molecule has 1 aromatic rings. The first kappa shape index (κ1) is 8.33. The smallest absolute Gasteiger partial charge is 0.144 e. The molecule has 0 saturated carbocycles. The predicted molar refractivity (Wildman–Crippen MR) is 50.4 cm³/mol. The molecular weight excluding hydrogens is 150 g/mol. The number of hydrogen-bond donors (Lipinski definition) is 0. The average molecular weight is 159 g/mol. The minimum Gasteiger partial charge on any atom is -0.265 e. The molecule has 0 radical (unpaired) electrons. The van der Waals surface area contributed by atoms with E-state index < -0.39 is 0 Å². The van der Waals surface area contributed by atoms with Crippen LogP contribution < -0.4 is 0 Å². The number of nitrogens with zero attached hydrogens (tertiary/aromatic N) is 3. The molecule has 1 aliphatic rings. The largest absolute Gasteiger partial charge is 0.265 e. The summed E-state index contributed by atoms with van der Waals surface area (Å²) in [6, 6.07) is 5.72. The summed E-state index contributed by atoms with van der Waals surface area (Å²) < 4.78 is 0. The molecule has 0 bridgehead atoms. The molecule has 2 rings (SSSR count). The highest BCUT2D eigenvalue weighted by Gasteiger charge is 1.83. The van der Waals surface area contributed by atoms with Crippen molar-refractivity contribution in [2.24, 2.45) is 9.98 Å². The van der Waals surface area contributed by atoms with Crippen molar-refractivity contribution in [3.05, 3.63) is 43.0 Å². The molecule has 2 heterocycles. The molecule has 0 N–H and O–H groups in total. The van der Waals surface area contributed by atoms with Crippen molar-refractivity contribution in [2.45, 2.75) is 0 Å². The number of aliphatic imine (C=N–C) groups is 2. The molecule has 1 aromatic heterocycles. The number of pyridine rings is 1. The second-order valence-electron chi connectivity index (χ2n) is 2.00. The van der Waals surface area contributed by atoms with E-state index >= 15 is 0 Å². The van der Waals surface area contributed by atoms with Gasteiger partial charge < -0.3 is 0 Å². The van der Waals surface area contributed by atoms with E-state index in [-0.39, 0.29) is 0 Å². The number of hydrogen-bond acceptors (Lipinski definition) is 3. The van der Waals surface area contributed by atoms with Gasteiger partial charge in [0.2, 0.25) is 0 Å². The van der Waals surface area contributed by atoms with E-state index in [1.807, 2.05) is 18.2 Å². The molecular formula is C9H9N3. The lowest BCUT2D eigenvalue weighted by Crippen LogP contribution is -1.58. The third kappa shape index (κ3) is 3.41. The van der Waals surface area contributed by atoms with Gasteiger partial charge in [-0.2, -0.15) is 0 Å². The predicted octanol–water partition coefficient (Wildman–Crippen LogP) is 1.69. The number of aromatic nitrogens is 1. The van der Waals surface area contributed by atoms with Crippen LogP contribution in [0.2, 0.25) is 0 Å². The van der Waals surface area contributed by atoms with Crippen LogP contribution in [0.3, 0.4) is 0 Å². The molecule has 60 valence electrons. The lowest BCUT2D eigenvalue weighted by Gasteiger charge is -1.71. The van der Waals surface area contributed by atoms with Crippen LogP contribution in [0.4, 0.5) is 0 Å². The first-order valence-electron chi connectivity index (χ1n) is 3.50. The maximum Gasteiger partial charge on any atom is 0.144 e. The Kier molecular flexibility index (Phi) is 3.44. The summed E-state index contributed by atoms with van der Waals surface area (Å²) in [5.41, 5.74) is 0. The maximum atomic E-state index is 3.78. The van der Waals surface area contributed by atoms with Gasteiger partial charge in [0, 0.05) is 24.8 Å². The van der Waals surface area contributed by atoms with Gasteiger partial charge >= 0.3 is 0 Å². The zero-order chi connectivity index (χ0) is 8.65. The minimum atomic E-state index is 0.593. The van der Waals surface area contributed by atoms with Gasteiger partial charge in [-0.1, -0.05) is 12.6 Å². The van der Waals surface area contributed by atoms with Crippen molar-refractivity contribution in [3.63, 3.8) is 0 Å². The van der Waals surface area contributed by atoms with Crippen LogP contribution in [0, 0.1) is 0 Å². The highest BCUT2D eigenvalue weighted by molar-refractivity contribution is 6.18. The molecule has 0 aliphatic carbocycles. The molecule has 0 atom stereocenters. The molecule has 12 heavy (non-hydrogen) atoms. The first-order chi connectivity index (χ1) is 5.89. The zero-order valence-corrected chi connectivity index (χ0v) is 6.59. The molecule has 3 heteroatoms. The van der Waals surface area contributed by atoms with E-state index in [0.29, 0.717) is 5.82 Å². The summed E-state index contributed by atoms with van der Waals surface area (Å²) in [6.45, 7) is 3.46. The lowest BCUT2D eigenvalue weighted by atomic mass is 10.5. The van der Waals surface area contributed by atoms with Crippen molar-refractivity contribution < 1.29 is 0 Å². The van der Waals surface area contributed by atoms with Crippen molar-refractivity contribution >= 4 is 12.4 Å².